The van der Waals surface area contributed by atoms with Gasteiger partial charge in [-0.2, -0.15) is 5.10 Å². The van der Waals surface area contributed by atoms with Gasteiger partial charge in [0.05, 0.1) is 31.5 Å². The van der Waals surface area contributed by atoms with Crippen LogP contribution in [0.1, 0.15) is 32.3 Å². The van der Waals surface area contributed by atoms with Crippen LogP contribution < -0.4 is 9.47 Å². The molecule has 1 N–H and O–H groups in total. The number of aliphatic hydroxyl groups is 1. The van der Waals surface area contributed by atoms with Crippen LogP contribution in [0, 0.1) is 0 Å². The first-order valence-corrected chi connectivity index (χ1v) is 11.9. The summed E-state index contributed by atoms with van der Waals surface area (Å²) < 4.78 is 19.1. The van der Waals surface area contributed by atoms with E-state index < -0.39 is 6.10 Å². The highest BCUT2D eigenvalue weighted by atomic mass is 16.5. The third kappa shape index (κ3) is 6.17. The van der Waals surface area contributed by atoms with Gasteiger partial charge in [0.15, 0.2) is 0 Å². The summed E-state index contributed by atoms with van der Waals surface area (Å²) in [7, 11) is 3.55. The van der Waals surface area contributed by atoms with Crippen molar-refractivity contribution in [2.75, 3.05) is 20.3 Å². The van der Waals surface area contributed by atoms with E-state index in [0.29, 0.717) is 37.4 Å². The number of aliphatic hydroxyl groups excluding tert-OH is 1. The molecule has 7 nitrogen and oxygen atoms in total. The standard InChI is InChI=1S/C27H35N3O4/c1-19(2)33-18-22(31)16-30(21-10-11-21)17-25-26(20-8-6-5-7-9-20)28-29(3)27(25)34-24-14-12-23(32-4)13-15-24/h5-9,12-15,19,21-22,31H,10-11,16-18H2,1-4H3/t22-/m0/s1. The molecule has 2 aromatic carbocycles. The minimum absolute atomic E-state index is 0.0940. The minimum atomic E-state index is -0.550. The molecule has 0 saturated heterocycles. The molecule has 0 spiro atoms. The molecule has 1 aliphatic carbocycles. The van der Waals surface area contributed by atoms with Crippen LogP contribution in [0.5, 0.6) is 17.4 Å². The first-order valence-electron chi connectivity index (χ1n) is 11.9. The van der Waals surface area contributed by atoms with E-state index in [1.54, 1.807) is 11.8 Å². The Bertz CT molecular complexity index is 1050. The molecule has 0 bridgehead atoms. The van der Waals surface area contributed by atoms with Crippen molar-refractivity contribution >= 4 is 0 Å². The maximum Gasteiger partial charge on any atom is 0.222 e. The zero-order chi connectivity index (χ0) is 24.1. The van der Waals surface area contributed by atoms with E-state index in [-0.39, 0.29) is 6.10 Å². The first kappa shape index (κ1) is 24.3. The molecule has 0 aliphatic heterocycles. The van der Waals surface area contributed by atoms with Gasteiger partial charge in [0.1, 0.15) is 17.2 Å². The van der Waals surface area contributed by atoms with Crippen LogP contribution in [0.25, 0.3) is 11.3 Å². The lowest BCUT2D eigenvalue weighted by Gasteiger charge is -2.26. The summed E-state index contributed by atoms with van der Waals surface area (Å²) in [5, 5.41) is 15.5. The second-order valence-electron chi connectivity index (χ2n) is 9.10. The number of hydrogen-bond donors (Lipinski definition) is 1. The highest BCUT2D eigenvalue weighted by Gasteiger charge is 2.33. The van der Waals surface area contributed by atoms with E-state index in [2.05, 4.69) is 17.0 Å². The van der Waals surface area contributed by atoms with Crippen molar-refractivity contribution in [3.63, 3.8) is 0 Å². The van der Waals surface area contributed by atoms with Crippen molar-refractivity contribution in [2.24, 2.45) is 7.05 Å². The van der Waals surface area contributed by atoms with Crippen LogP contribution in [-0.2, 0) is 18.3 Å². The Morgan fingerprint density at radius 3 is 2.35 bits per heavy atom. The van der Waals surface area contributed by atoms with Crippen LogP contribution in [0.4, 0.5) is 0 Å². The summed E-state index contributed by atoms with van der Waals surface area (Å²) in [6, 6.07) is 18.2. The quantitative estimate of drug-likeness (QED) is 0.420. The Morgan fingerprint density at radius 1 is 1.06 bits per heavy atom. The summed E-state index contributed by atoms with van der Waals surface area (Å²) in [6.07, 6.45) is 1.81. The van der Waals surface area contributed by atoms with Crippen molar-refractivity contribution in [1.82, 2.24) is 14.7 Å². The fourth-order valence-corrected chi connectivity index (χ4v) is 4.02. The molecule has 4 rings (SSSR count). The summed E-state index contributed by atoms with van der Waals surface area (Å²) in [5.74, 6) is 2.19. The average molecular weight is 466 g/mol. The van der Waals surface area contributed by atoms with Crippen molar-refractivity contribution in [3.05, 3.63) is 60.2 Å². The lowest BCUT2D eigenvalue weighted by Crippen LogP contribution is -2.36. The average Bonchev–Trinajstić information content (AvgIpc) is 3.65. The highest BCUT2D eigenvalue weighted by Crippen LogP contribution is 2.37. The van der Waals surface area contributed by atoms with Gasteiger partial charge in [0.2, 0.25) is 5.88 Å². The Balaban J connectivity index is 1.63. The van der Waals surface area contributed by atoms with Crippen LogP contribution in [0.15, 0.2) is 54.6 Å². The molecule has 3 aromatic rings. The molecular weight excluding hydrogens is 430 g/mol. The van der Waals surface area contributed by atoms with Gasteiger partial charge in [0.25, 0.3) is 0 Å². The number of rotatable bonds is 12. The molecule has 1 atom stereocenters. The summed E-state index contributed by atoms with van der Waals surface area (Å²) >= 11 is 0. The Hall–Kier alpha value is -2.87. The first-order chi connectivity index (χ1) is 16.4. The lowest BCUT2D eigenvalue weighted by molar-refractivity contribution is -0.0107. The van der Waals surface area contributed by atoms with Gasteiger partial charge < -0.3 is 19.3 Å². The van der Waals surface area contributed by atoms with E-state index in [1.807, 2.05) is 63.4 Å². The molecule has 0 radical (unpaired) electrons. The van der Waals surface area contributed by atoms with E-state index in [9.17, 15) is 5.11 Å². The van der Waals surface area contributed by atoms with Gasteiger partial charge in [-0.25, -0.2) is 4.68 Å². The normalized spacial score (nSPS) is 14.6. The second kappa shape index (κ2) is 11.0. The fraction of sp³-hybridized carbons (Fsp3) is 0.444. The molecular formula is C27H35N3O4. The van der Waals surface area contributed by atoms with Gasteiger partial charge in [-0.1, -0.05) is 30.3 Å². The molecule has 1 aromatic heterocycles. The highest BCUT2D eigenvalue weighted by molar-refractivity contribution is 5.65. The molecule has 1 fully saturated rings. The summed E-state index contributed by atoms with van der Waals surface area (Å²) in [5.41, 5.74) is 2.94. The predicted octanol–water partition coefficient (Wildman–Crippen LogP) is 4.64. The second-order valence-corrected chi connectivity index (χ2v) is 9.10. The number of aromatic nitrogens is 2. The monoisotopic (exact) mass is 465 g/mol. The van der Waals surface area contributed by atoms with Crippen molar-refractivity contribution in [3.8, 4) is 28.6 Å². The van der Waals surface area contributed by atoms with Crippen molar-refractivity contribution in [2.45, 2.75) is 51.5 Å². The van der Waals surface area contributed by atoms with E-state index in [1.165, 1.54) is 0 Å². The molecule has 7 heteroatoms. The predicted molar refractivity (Wildman–Crippen MR) is 132 cm³/mol. The van der Waals surface area contributed by atoms with Gasteiger partial charge >= 0.3 is 0 Å². The van der Waals surface area contributed by atoms with Gasteiger partial charge in [-0.15, -0.1) is 0 Å². The van der Waals surface area contributed by atoms with Gasteiger partial charge in [-0.05, 0) is 51.0 Å². The molecule has 1 saturated carbocycles. The number of hydrogen-bond acceptors (Lipinski definition) is 6. The zero-order valence-corrected chi connectivity index (χ0v) is 20.5. The van der Waals surface area contributed by atoms with Crippen molar-refractivity contribution in [1.29, 1.82) is 0 Å². The topological polar surface area (TPSA) is 69.0 Å². The number of benzene rings is 2. The lowest BCUT2D eigenvalue weighted by atomic mass is 10.1. The van der Waals surface area contributed by atoms with Crippen LogP contribution in [-0.4, -0.2) is 58.3 Å². The summed E-state index contributed by atoms with van der Waals surface area (Å²) in [4.78, 5) is 2.33. The van der Waals surface area contributed by atoms with Crippen molar-refractivity contribution < 1.29 is 19.3 Å². The third-order valence-electron chi connectivity index (χ3n) is 5.90. The maximum atomic E-state index is 10.6. The Labute approximate surface area is 201 Å². The van der Waals surface area contributed by atoms with E-state index in [4.69, 9.17) is 19.3 Å². The van der Waals surface area contributed by atoms with Crippen LogP contribution >= 0.6 is 0 Å². The van der Waals surface area contributed by atoms with Crippen LogP contribution in [0.2, 0.25) is 0 Å². The molecule has 0 amide bonds. The largest absolute Gasteiger partial charge is 0.497 e. The number of aryl methyl sites for hydroxylation is 1. The minimum Gasteiger partial charge on any atom is -0.497 e. The third-order valence-corrected chi connectivity index (χ3v) is 5.90. The van der Waals surface area contributed by atoms with E-state index in [0.717, 1.165) is 35.4 Å². The van der Waals surface area contributed by atoms with Crippen LogP contribution in [0.3, 0.4) is 0 Å². The SMILES string of the molecule is COc1ccc(Oc2c(CN(C[C@H](O)COC(C)C)C3CC3)c(-c3ccccc3)nn2C)cc1. The number of methoxy groups -OCH3 is 1. The van der Waals surface area contributed by atoms with Gasteiger partial charge in [-0.3, -0.25) is 4.90 Å². The Morgan fingerprint density at radius 2 is 1.74 bits per heavy atom. The molecule has 34 heavy (non-hydrogen) atoms. The number of ether oxygens (including phenoxy) is 3. The van der Waals surface area contributed by atoms with Gasteiger partial charge in [0, 0.05) is 31.7 Å². The molecule has 1 aliphatic rings. The Kier molecular flexibility index (Phi) is 7.88. The fourth-order valence-electron chi connectivity index (χ4n) is 4.02. The molecule has 182 valence electrons. The maximum absolute atomic E-state index is 10.6. The number of nitrogens with zero attached hydrogens (tertiary/aromatic N) is 3. The van der Waals surface area contributed by atoms with E-state index >= 15 is 0 Å². The zero-order valence-electron chi connectivity index (χ0n) is 20.5. The smallest absolute Gasteiger partial charge is 0.222 e. The molecule has 0 unspecified atom stereocenters. The summed E-state index contributed by atoms with van der Waals surface area (Å²) in [6.45, 7) is 5.47. The molecule has 1 heterocycles.